The number of halogens is 3. The topological polar surface area (TPSA) is 223 Å². The Morgan fingerprint density at radius 2 is 1.19 bits per heavy atom. The zero-order valence-corrected chi connectivity index (χ0v) is 38.9. The van der Waals surface area contributed by atoms with Gasteiger partial charge in [-0.05, 0) is 97.3 Å². The molecular weight excluding hydrogens is 987 g/mol. The van der Waals surface area contributed by atoms with E-state index in [1.807, 2.05) is 83.9 Å². The van der Waals surface area contributed by atoms with E-state index in [0.29, 0.717) is 38.6 Å². The Kier molecular flexibility index (Phi) is 12.8. The van der Waals surface area contributed by atoms with E-state index in [1.54, 1.807) is 49.4 Å². The second kappa shape index (κ2) is 19.2. The number of aliphatic hydroxyl groups excluding tert-OH is 2. The van der Waals surface area contributed by atoms with Crippen molar-refractivity contribution in [2.75, 3.05) is 23.7 Å². The Balaban J connectivity index is 0.000000168. The molecule has 0 aliphatic rings. The van der Waals surface area contributed by atoms with Gasteiger partial charge in [0.1, 0.15) is 28.6 Å². The molecule has 0 saturated heterocycles. The summed E-state index contributed by atoms with van der Waals surface area (Å²) in [5.41, 5.74) is 8.92. The number of rotatable bonds is 12. The zero-order valence-electron chi connectivity index (χ0n) is 35.7. The third kappa shape index (κ3) is 9.61. The van der Waals surface area contributed by atoms with Crippen molar-refractivity contribution < 1.29 is 14.6 Å². The maximum absolute atomic E-state index is 14.2. The van der Waals surface area contributed by atoms with Crippen LogP contribution in [0.25, 0.3) is 56.2 Å². The van der Waals surface area contributed by atoms with Gasteiger partial charge >= 0.3 is 0 Å². The van der Waals surface area contributed by atoms with Gasteiger partial charge < -0.3 is 49.9 Å². The molecular formula is C48H41Br2FN12O4. The van der Waals surface area contributed by atoms with Crippen molar-refractivity contribution in [1.82, 2.24) is 49.0 Å². The number of anilines is 2. The molecule has 10 rings (SSSR count). The van der Waals surface area contributed by atoms with Gasteiger partial charge in [-0.3, -0.25) is 9.59 Å². The van der Waals surface area contributed by atoms with E-state index in [2.05, 4.69) is 77.4 Å². The van der Waals surface area contributed by atoms with Crippen LogP contribution in [0.2, 0.25) is 0 Å². The molecule has 2 atom stereocenters. The summed E-state index contributed by atoms with van der Waals surface area (Å²) in [6.07, 6.45) is 11.8. The van der Waals surface area contributed by atoms with E-state index in [4.69, 9.17) is 4.98 Å². The molecule has 4 aromatic carbocycles. The summed E-state index contributed by atoms with van der Waals surface area (Å²) in [6, 6.07) is 23.2. The highest BCUT2D eigenvalue weighted by atomic mass is 79.9. The summed E-state index contributed by atoms with van der Waals surface area (Å²) in [5.74, 6) is 0.329. The minimum Gasteiger partial charge on any atom is -0.387 e. The van der Waals surface area contributed by atoms with Crippen LogP contribution >= 0.6 is 31.9 Å². The molecule has 0 bridgehead atoms. The Morgan fingerprint density at radius 3 is 1.70 bits per heavy atom. The number of hydrogen-bond donors (Lipinski definition) is 8. The van der Waals surface area contributed by atoms with E-state index in [1.165, 1.54) is 18.3 Å². The van der Waals surface area contributed by atoms with Gasteiger partial charge in [0.2, 0.25) is 0 Å². The fraction of sp³-hybridized carbons (Fsp3) is 0.125. The Bertz CT molecular complexity index is 3490. The number of fused-ring (bicyclic) bond motifs is 2. The normalized spacial score (nSPS) is 12.2. The summed E-state index contributed by atoms with van der Waals surface area (Å²) in [7, 11) is 0. The third-order valence-electron chi connectivity index (χ3n) is 11.0. The van der Waals surface area contributed by atoms with E-state index in [9.17, 15) is 24.2 Å². The number of aliphatic hydroxyl groups is 2. The summed E-state index contributed by atoms with van der Waals surface area (Å²) >= 11 is 6.72. The number of benzene rings is 4. The maximum Gasteiger partial charge on any atom is 0.261 e. The van der Waals surface area contributed by atoms with Crippen molar-refractivity contribution in [3.63, 3.8) is 0 Å². The highest BCUT2D eigenvalue weighted by molar-refractivity contribution is 9.10. The predicted molar refractivity (Wildman–Crippen MR) is 263 cm³/mol. The van der Waals surface area contributed by atoms with Gasteiger partial charge in [-0.1, -0.05) is 44.0 Å². The molecule has 0 spiro atoms. The highest BCUT2D eigenvalue weighted by Crippen LogP contribution is 2.31. The number of nitrogens with zero attached hydrogens (tertiary/aromatic N) is 6. The monoisotopic (exact) mass is 1030 g/mol. The fourth-order valence-corrected chi connectivity index (χ4v) is 8.54. The first-order valence-electron chi connectivity index (χ1n) is 20.9. The van der Waals surface area contributed by atoms with Crippen LogP contribution in [-0.4, -0.2) is 72.3 Å². The molecule has 0 fully saturated rings. The van der Waals surface area contributed by atoms with Crippen LogP contribution in [0.5, 0.6) is 0 Å². The van der Waals surface area contributed by atoms with Crippen LogP contribution in [0, 0.1) is 19.7 Å². The van der Waals surface area contributed by atoms with Crippen LogP contribution in [0.15, 0.2) is 147 Å². The van der Waals surface area contributed by atoms with E-state index in [-0.39, 0.29) is 29.8 Å². The second-order valence-corrected chi connectivity index (χ2v) is 17.5. The number of nitrogens with one attached hydrogen (secondary N) is 6. The number of hydrogen-bond acceptors (Lipinski definition) is 10. The Hall–Kier alpha value is -7.45. The summed E-state index contributed by atoms with van der Waals surface area (Å²) < 4.78 is 19.5. The van der Waals surface area contributed by atoms with Gasteiger partial charge in [0, 0.05) is 76.2 Å². The maximum atomic E-state index is 14.2. The first-order valence-corrected chi connectivity index (χ1v) is 22.4. The van der Waals surface area contributed by atoms with Crippen LogP contribution in [0.4, 0.5) is 15.8 Å². The SMILES string of the molecule is Cc1cc(-n2ccnc2)cc2[nH]c(-c3c(NCC(O)c4cc(Br)ccc4F)cc[nH]c3=O)nc12.Cc1cc(-n2ccnc2)cc2[nH]c(-c3c(NCC(O)c4cccc(Br)c4)cc[nH]c3=O)nc12. The largest absolute Gasteiger partial charge is 0.387 e. The first-order chi connectivity index (χ1) is 32.4. The van der Waals surface area contributed by atoms with Gasteiger partial charge in [0.25, 0.3) is 11.1 Å². The lowest BCUT2D eigenvalue weighted by Gasteiger charge is -2.15. The average molecular weight is 1030 g/mol. The number of H-pyrrole nitrogens is 4. The van der Waals surface area contributed by atoms with Crippen molar-refractivity contribution in [3.05, 3.63) is 186 Å². The average Bonchev–Trinajstić information content (AvgIpc) is 4.17. The Morgan fingerprint density at radius 1 is 0.672 bits per heavy atom. The molecule has 0 amide bonds. The molecule has 67 heavy (non-hydrogen) atoms. The van der Waals surface area contributed by atoms with Crippen LogP contribution < -0.4 is 21.8 Å². The minimum absolute atomic E-state index is 0.00609. The second-order valence-electron chi connectivity index (χ2n) is 15.6. The lowest BCUT2D eigenvalue weighted by atomic mass is 10.1. The molecule has 19 heteroatoms. The van der Waals surface area contributed by atoms with Crippen LogP contribution in [-0.2, 0) is 0 Å². The van der Waals surface area contributed by atoms with Gasteiger partial charge in [-0.15, -0.1) is 0 Å². The number of aryl methyl sites for hydroxylation is 2. The lowest BCUT2D eigenvalue weighted by molar-refractivity contribution is 0.186. The molecule has 0 radical (unpaired) electrons. The number of aromatic amines is 4. The van der Waals surface area contributed by atoms with Crippen molar-refractivity contribution in [2.24, 2.45) is 0 Å². The third-order valence-corrected chi connectivity index (χ3v) is 12.0. The summed E-state index contributed by atoms with van der Waals surface area (Å²) in [4.78, 5) is 55.0. The zero-order chi connectivity index (χ0) is 46.8. The van der Waals surface area contributed by atoms with Gasteiger partial charge in [-0.25, -0.2) is 24.3 Å². The molecule has 2 unspecified atom stereocenters. The summed E-state index contributed by atoms with van der Waals surface area (Å²) in [6.45, 7) is 4.16. The molecule has 16 nitrogen and oxygen atoms in total. The van der Waals surface area contributed by atoms with Crippen LogP contribution in [0.1, 0.15) is 34.5 Å². The van der Waals surface area contributed by atoms with Crippen molar-refractivity contribution in [3.8, 4) is 34.2 Å². The fourth-order valence-electron chi connectivity index (χ4n) is 7.75. The molecule has 6 heterocycles. The molecule has 0 aliphatic carbocycles. The predicted octanol–water partition coefficient (Wildman–Crippen LogP) is 8.78. The van der Waals surface area contributed by atoms with Crippen molar-refractivity contribution >= 4 is 65.3 Å². The molecule has 0 saturated carbocycles. The van der Waals surface area contributed by atoms with Crippen LogP contribution in [0.3, 0.4) is 0 Å². The summed E-state index contributed by atoms with van der Waals surface area (Å²) in [5, 5.41) is 27.4. The van der Waals surface area contributed by atoms with Crippen molar-refractivity contribution in [2.45, 2.75) is 26.1 Å². The highest BCUT2D eigenvalue weighted by Gasteiger charge is 2.20. The molecule has 6 aromatic heterocycles. The molecule has 338 valence electrons. The molecule has 8 N–H and O–H groups in total. The minimum atomic E-state index is -1.12. The quantitative estimate of drug-likeness (QED) is 0.0581. The number of pyridine rings is 2. The first kappa shape index (κ1) is 44.7. The number of aromatic nitrogens is 10. The smallest absolute Gasteiger partial charge is 0.261 e. The van der Waals surface area contributed by atoms with E-state index < -0.39 is 18.0 Å². The standard InChI is InChI=1S/C24H20BrFN6O2.C24H21BrN6O2/c1-13-8-15(32-7-6-27-12-32)10-19-22(13)31-23(30-19)21-18(4-5-28-24(21)34)29-11-20(33)16-9-14(25)2-3-17(16)26;1-14-9-17(31-8-7-26-13-31)11-19-22(14)30-23(29-19)21-18(5-6-27-24(21)33)28-12-20(32)15-3-2-4-16(25)10-15/h2-10,12,20,33H,11H2,1H3,(H,30,31)(H2,28,29,34);2-11,13,20,32H,12H2,1H3,(H,29,30)(H2,27,28,33). The van der Waals surface area contributed by atoms with Crippen molar-refractivity contribution in [1.29, 1.82) is 0 Å². The van der Waals surface area contributed by atoms with E-state index in [0.717, 1.165) is 54.6 Å². The van der Waals surface area contributed by atoms with Gasteiger partial charge in [0.05, 0.1) is 58.3 Å². The molecule has 10 aromatic rings. The lowest BCUT2D eigenvalue weighted by Crippen LogP contribution is -2.17. The van der Waals surface area contributed by atoms with Gasteiger partial charge in [0.15, 0.2) is 0 Å². The Labute approximate surface area is 397 Å². The molecule has 0 aliphatic heterocycles. The van der Waals surface area contributed by atoms with E-state index >= 15 is 0 Å². The number of imidazole rings is 4. The van der Waals surface area contributed by atoms with Gasteiger partial charge in [-0.2, -0.15) is 0 Å².